The molecule has 0 atom stereocenters. The molecule has 18 heavy (non-hydrogen) atoms. The lowest BCUT2D eigenvalue weighted by molar-refractivity contribution is 0.278. The zero-order valence-electron chi connectivity index (χ0n) is 10.5. The largest absolute Gasteiger partial charge is 0.361 e. The first-order valence-electron chi connectivity index (χ1n) is 6.11. The fourth-order valence-electron chi connectivity index (χ4n) is 2.19. The van der Waals surface area contributed by atoms with Gasteiger partial charge in [0.05, 0.1) is 0 Å². The minimum absolute atomic E-state index is 0.0857. The zero-order chi connectivity index (χ0) is 13.2. The highest BCUT2D eigenvalue weighted by atomic mass is 32.2. The lowest BCUT2D eigenvalue weighted by Gasteiger charge is -2.30. The summed E-state index contributed by atoms with van der Waals surface area (Å²) in [5.41, 5.74) is 6.06. The first kappa shape index (κ1) is 13.5. The van der Waals surface area contributed by atoms with Crippen LogP contribution in [-0.4, -0.2) is 37.5 Å². The van der Waals surface area contributed by atoms with E-state index in [4.69, 9.17) is 10.3 Å². The van der Waals surface area contributed by atoms with Crippen molar-refractivity contribution in [3.8, 4) is 0 Å². The first-order valence-corrected chi connectivity index (χ1v) is 7.72. The van der Waals surface area contributed by atoms with E-state index >= 15 is 0 Å². The van der Waals surface area contributed by atoms with Crippen molar-refractivity contribution in [2.24, 2.45) is 11.7 Å². The van der Waals surface area contributed by atoms with Crippen molar-refractivity contribution in [1.82, 2.24) is 9.46 Å². The summed E-state index contributed by atoms with van der Waals surface area (Å²) in [6.07, 6.45) is 1.68. The quantitative estimate of drug-likeness (QED) is 0.862. The van der Waals surface area contributed by atoms with Gasteiger partial charge in [-0.05, 0) is 32.2 Å². The molecule has 1 aromatic heterocycles. The van der Waals surface area contributed by atoms with Gasteiger partial charge in [-0.15, -0.1) is 0 Å². The molecule has 2 rings (SSSR count). The van der Waals surface area contributed by atoms with Crippen LogP contribution in [0, 0.1) is 12.8 Å². The van der Waals surface area contributed by atoms with Gasteiger partial charge >= 0.3 is 0 Å². The molecule has 0 aromatic carbocycles. The van der Waals surface area contributed by atoms with Crippen LogP contribution in [0.25, 0.3) is 0 Å². The van der Waals surface area contributed by atoms with Gasteiger partial charge in [0.25, 0.3) is 0 Å². The minimum atomic E-state index is -3.28. The van der Waals surface area contributed by atoms with E-state index in [0.29, 0.717) is 37.0 Å². The molecule has 102 valence electrons. The summed E-state index contributed by atoms with van der Waals surface area (Å²) < 4.78 is 30.8. The molecule has 0 aliphatic carbocycles. The third kappa shape index (κ3) is 3.09. The van der Waals surface area contributed by atoms with Gasteiger partial charge in [0.2, 0.25) is 10.0 Å². The van der Waals surface area contributed by atoms with E-state index in [1.807, 2.05) is 0 Å². The van der Waals surface area contributed by atoms with Crippen molar-refractivity contribution in [2.45, 2.75) is 25.5 Å². The molecule has 0 saturated carbocycles. The second-order valence-electron chi connectivity index (χ2n) is 4.76. The second-order valence-corrected chi connectivity index (χ2v) is 6.73. The maximum Gasteiger partial charge on any atom is 0.219 e. The third-order valence-electron chi connectivity index (χ3n) is 3.31. The Balaban J connectivity index is 1.99. The van der Waals surface area contributed by atoms with Crippen molar-refractivity contribution in [3.63, 3.8) is 0 Å². The monoisotopic (exact) mass is 273 g/mol. The lowest BCUT2D eigenvalue weighted by Crippen LogP contribution is -2.40. The van der Waals surface area contributed by atoms with Crippen molar-refractivity contribution >= 4 is 10.0 Å². The van der Waals surface area contributed by atoms with Gasteiger partial charge in [0.1, 0.15) is 17.2 Å². The van der Waals surface area contributed by atoms with E-state index in [-0.39, 0.29) is 5.75 Å². The number of aromatic nitrogens is 1. The molecule has 0 radical (unpaired) electrons. The van der Waals surface area contributed by atoms with Crippen LogP contribution in [0.2, 0.25) is 0 Å². The maximum absolute atomic E-state index is 12.2. The summed E-state index contributed by atoms with van der Waals surface area (Å²) in [7, 11) is -3.28. The van der Waals surface area contributed by atoms with Crippen LogP contribution >= 0.6 is 0 Å². The molecule has 2 N–H and O–H groups in total. The molecule has 1 aromatic rings. The molecule has 0 bridgehead atoms. The van der Waals surface area contributed by atoms with Gasteiger partial charge in [-0.3, -0.25) is 0 Å². The van der Waals surface area contributed by atoms with E-state index in [2.05, 4.69) is 5.16 Å². The van der Waals surface area contributed by atoms with Crippen LogP contribution in [0.4, 0.5) is 0 Å². The van der Waals surface area contributed by atoms with E-state index in [9.17, 15) is 8.42 Å². The SMILES string of the molecule is Cc1cc(CS(=O)(=O)N2CCC(CN)CC2)no1. The van der Waals surface area contributed by atoms with Crippen LogP contribution in [0.5, 0.6) is 0 Å². The molecule has 2 heterocycles. The van der Waals surface area contributed by atoms with Crippen molar-refractivity contribution in [1.29, 1.82) is 0 Å². The summed E-state index contributed by atoms with van der Waals surface area (Å²) in [6.45, 7) is 3.49. The number of nitrogens with zero attached hydrogens (tertiary/aromatic N) is 2. The topological polar surface area (TPSA) is 89.4 Å². The molecule has 1 saturated heterocycles. The standard InChI is InChI=1S/C11H19N3O3S/c1-9-6-11(13-17-9)8-18(15,16)14-4-2-10(7-12)3-5-14/h6,10H,2-5,7-8,12H2,1H3. The molecule has 1 aliphatic heterocycles. The van der Waals surface area contributed by atoms with Crippen LogP contribution in [0.15, 0.2) is 10.6 Å². The van der Waals surface area contributed by atoms with Gasteiger partial charge in [-0.25, -0.2) is 12.7 Å². The number of aryl methyl sites for hydroxylation is 1. The van der Waals surface area contributed by atoms with Crippen molar-refractivity contribution in [2.75, 3.05) is 19.6 Å². The Hall–Kier alpha value is -0.920. The van der Waals surface area contributed by atoms with Gasteiger partial charge in [-0.2, -0.15) is 0 Å². The number of hydrogen-bond donors (Lipinski definition) is 1. The molecule has 0 amide bonds. The number of nitrogens with two attached hydrogens (primary N) is 1. The summed E-state index contributed by atoms with van der Waals surface area (Å²) in [5.74, 6) is 0.991. The molecule has 6 nitrogen and oxygen atoms in total. The fraction of sp³-hybridized carbons (Fsp3) is 0.727. The predicted molar refractivity (Wildman–Crippen MR) is 67.2 cm³/mol. The Morgan fingerprint density at radius 3 is 2.67 bits per heavy atom. The molecular weight excluding hydrogens is 254 g/mol. The maximum atomic E-state index is 12.2. The molecular formula is C11H19N3O3S. The number of piperidine rings is 1. The average Bonchev–Trinajstić information content (AvgIpc) is 2.74. The highest BCUT2D eigenvalue weighted by Gasteiger charge is 2.28. The zero-order valence-corrected chi connectivity index (χ0v) is 11.3. The Bertz CT molecular complexity index is 489. The van der Waals surface area contributed by atoms with Crippen LogP contribution in [-0.2, 0) is 15.8 Å². The molecule has 0 spiro atoms. The van der Waals surface area contributed by atoms with Crippen molar-refractivity contribution in [3.05, 3.63) is 17.5 Å². The van der Waals surface area contributed by atoms with E-state index in [1.165, 1.54) is 4.31 Å². The van der Waals surface area contributed by atoms with Gasteiger partial charge in [0.15, 0.2) is 0 Å². The van der Waals surface area contributed by atoms with Gasteiger partial charge < -0.3 is 10.3 Å². The van der Waals surface area contributed by atoms with Crippen molar-refractivity contribution < 1.29 is 12.9 Å². The Kier molecular flexibility index (Phi) is 4.04. The van der Waals surface area contributed by atoms with Crippen LogP contribution < -0.4 is 5.73 Å². The first-order chi connectivity index (χ1) is 8.51. The van der Waals surface area contributed by atoms with Gasteiger partial charge in [-0.1, -0.05) is 5.16 Å². The third-order valence-corrected chi connectivity index (χ3v) is 5.12. The Morgan fingerprint density at radius 1 is 1.50 bits per heavy atom. The van der Waals surface area contributed by atoms with E-state index in [1.54, 1.807) is 13.0 Å². The Labute approximate surface area is 107 Å². The number of hydrogen-bond acceptors (Lipinski definition) is 5. The smallest absolute Gasteiger partial charge is 0.219 e. The lowest BCUT2D eigenvalue weighted by atomic mass is 9.99. The van der Waals surface area contributed by atoms with Gasteiger partial charge in [0, 0.05) is 19.2 Å². The highest BCUT2D eigenvalue weighted by molar-refractivity contribution is 7.88. The molecule has 7 heteroatoms. The molecule has 1 fully saturated rings. The van der Waals surface area contributed by atoms with E-state index < -0.39 is 10.0 Å². The number of rotatable bonds is 4. The number of sulfonamides is 1. The van der Waals surface area contributed by atoms with Crippen LogP contribution in [0.3, 0.4) is 0 Å². The molecule has 1 aliphatic rings. The predicted octanol–water partition coefficient (Wildman–Crippen LogP) is 0.484. The molecule has 0 unspecified atom stereocenters. The summed E-state index contributed by atoms with van der Waals surface area (Å²) in [4.78, 5) is 0. The van der Waals surface area contributed by atoms with E-state index in [0.717, 1.165) is 12.8 Å². The summed E-state index contributed by atoms with van der Waals surface area (Å²) in [5, 5.41) is 3.73. The fourth-order valence-corrected chi connectivity index (χ4v) is 3.65. The Morgan fingerprint density at radius 2 is 2.17 bits per heavy atom. The second kappa shape index (κ2) is 5.38. The van der Waals surface area contributed by atoms with Crippen LogP contribution in [0.1, 0.15) is 24.3 Å². The minimum Gasteiger partial charge on any atom is -0.361 e. The average molecular weight is 273 g/mol. The summed E-state index contributed by atoms with van der Waals surface area (Å²) >= 11 is 0. The summed E-state index contributed by atoms with van der Waals surface area (Å²) in [6, 6.07) is 1.66. The normalized spacial score (nSPS) is 19.2. The highest BCUT2D eigenvalue weighted by Crippen LogP contribution is 2.20.